The summed E-state index contributed by atoms with van der Waals surface area (Å²) >= 11 is 0. The van der Waals surface area contributed by atoms with Gasteiger partial charge in [-0.05, 0) is 30.0 Å². The van der Waals surface area contributed by atoms with E-state index in [1.54, 1.807) is 6.20 Å². The first-order valence-electron chi connectivity index (χ1n) is 7.40. The van der Waals surface area contributed by atoms with Crippen LogP contribution in [-0.4, -0.2) is 4.98 Å². The molecule has 2 N–H and O–H groups in total. The molecule has 2 rings (SSSR count). The van der Waals surface area contributed by atoms with E-state index in [1.807, 2.05) is 30.3 Å². The van der Waals surface area contributed by atoms with Crippen molar-refractivity contribution in [2.24, 2.45) is 5.73 Å². The molecule has 0 spiro atoms. The van der Waals surface area contributed by atoms with Crippen molar-refractivity contribution in [1.29, 1.82) is 0 Å². The minimum Gasteiger partial charge on any atom is -0.455 e. The van der Waals surface area contributed by atoms with Crippen molar-refractivity contribution in [3.05, 3.63) is 53.9 Å². The number of hydrogen-bond donors (Lipinski definition) is 1. The van der Waals surface area contributed by atoms with Gasteiger partial charge in [0.1, 0.15) is 11.5 Å². The van der Waals surface area contributed by atoms with Crippen molar-refractivity contribution in [1.82, 2.24) is 4.98 Å². The third kappa shape index (κ3) is 3.82. The molecule has 0 bridgehead atoms. The summed E-state index contributed by atoms with van der Waals surface area (Å²) in [6.45, 7) is 8.58. The van der Waals surface area contributed by atoms with Gasteiger partial charge in [0.05, 0.1) is 11.9 Å². The molecule has 1 heterocycles. The van der Waals surface area contributed by atoms with Gasteiger partial charge in [-0.2, -0.15) is 0 Å². The molecular formula is C18H24N2O. The predicted octanol–water partition coefficient (Wildman–Crippen LogP) is 4.58. The summed E-state index contributed by atoms with van der Waals surface area (Å²) in [5, 5.41) is 0. The van der Waals surface area contributed by atoms with E-state index >= 15 is 0 Å². The highest BCUT2D eigenvalue weighted by Crippen LogP contribution is 2.33. The molecule has 0 radical (unpaired) electrons. The Morgan fingerprint density at radius 2 is 1.86 bits per heavy atom. The van der Waals surface area contributed by atoms with Crippen LogP contribution in [-0.2, 0) is 5.41 Å². The molecule has 21 heavy (non-hydrogen) atoms. The summed E-state index contributed by atoms with van der Waals surface area (Å²) in [7, 11) is 0. The molecule has 0 aliphatic rings. The predicted molar refractivity (Wildman–Crippen MR) is 86.7 cm³/mol. The van der Waals surface area contributed by atoms with Crippen LogP contribution < -0.4 is 10.5 Å². The lowest BCUT2D eigenvalue weighted by Crippen LogP contribution is -2.12. The maximum absolute atomic E-state index is 6.00. The highest BCUT2D eigenvalue weighted by Gasteiger charge is 2.18. The Morgan fingerprint density at radius 3 is 2.43 bits per heavy atom. The standard InChI is InChI=1S/C18H24N2O/c1-5-15(19)16-11-10-13(12-20-16)21-17-9-7-6-8-14(17)18(2,3)4/h6-12,15H,5,19H2,1-4H3. The number of nitrogens with zero attached hydrogens (tertiary/aromatic N) is 1. The van der Waals surface area contributed by atoms with Crippen LogP contribution in [0.15, 0.2) is 42.6 Å². The van der Waals surface area contributed by atoms with Gasteiger partial charge in [0.25, 0.3) is 0 Å². The SMILES string of the molecule is CCC(N)c1ccc(Oc2ccccc2C(C)(C)C)cn1. The molecule has 1 atom stereocenters. The summed E-state index contributed by atoms with van der Waals surface area (Å²) in [5.74, 6) is 1.61. The summed E-state index contributed by atoms with van der Waals surface area (Å²) in [6.07, 6.45) is 2.62. The average Bonchev–Trinajstić information content (AvgIpc) is 2.47. The van der Waals surface area contributed by atoms with E-state index < -0.39 is 0 Å². The molecule has 2 aromatic rings. The lowest BCUT2D eigenvalue weighted by molar-refractivity contribution is 0.452. The van der Waals surface area contributed by atoms with E-state index in [-0.39, 0.29) is 11.5 Å². The van der Waals surface area contributed by atoms with Crippen LogP contribution in [0.1, 0.15) is 51.4 Å². The zero-order valence-electron chi connectivity index (χ0n) is 13.3. The van der Waals surface area contributed by atoms with Crippen molar-refractivity contribution < 1.29 is 4.74 Å². The minimum absolute atomic E-state index is 0.0130. The van der Waals surface area contributed by atoms with Crippen LogP contribution >= 0.6 is 0 Å². The maximum Gasteiger partial charge on any atom is 0.145 e. The number of para-hydroxylation sites is 1. The van der Waals surface area contributed by atoms with Crippen molar-refractivity contribution in [2.45, 2.75) is 45.6 Å². The van der Waals surface area contributed by atoms with E-state index in [4.69, 9.17) is 10.5 Å². The van der Waals surface area contributed by atoms with E-state index in [0.717, 1.165) is 23.6 Å². The number of nitrogens with two attached hydrogens (primary N) is 1. The largest absolute Gasteiger partial charge is 0.455 e. The molecule has 1 aromatic carbocycles. The summed E-state index contributed by atoms with van der Waals surface area (Å²) in [4.78, 5) is 4.39. The lowest BCUT2D eigenvalue weighted by Gasteiger charge is -2.22. The van der Waals surface area contributed by atoms with Crippen molar-refractivity contribution in [3.8, 4) is 11.5 Å². The van der Waals surface area contributed by atoms with Gasteiger partial charge in [-0.25, -0.2) is 0 Å². The Labute approximate surface area is 127 Å². The van der Waals surface area contributed by atoms with Crippen LogP contribution in [0.2, 0.25) is 0 Å². The van der Waals surface area contributed by atoms with Gasteiger partial charge in [-0.1, -0.05) is 45.9 Å². The van der Waals surface area contributed by atoms with Gasteiger partial charge < -0.3 is 10.5 Å². The second-order valence-electron chi connectivity index (χ2n) is 6.28. The fourth-order valence-corrected chi connectivity index (χ4v) is 2.18. The van der Waals surface area contributed by atoms with Crippen LogP contribution in [0.4, 0.5) is 0 Å². The normalized spacial score (nSPS) is 13.0. The quantitative estimate of drug-likeness (QED) is 0.893. The third-order valence-corrected chi connectivity index (χ3v) is 3.50. The molecule has 0 aliphatic carbocycles. The minimum atomic E-state index is -0.0130. The van der Waals surface area contributed by atoms with Gasteiger partial charge in [-0.15, -0.1) is 0 Å². The maximum atomic E-state index is 6.00. The molecule has 0 fully saturated rings. The summed E-state index contributed by atoms with van der Waals surface area (Å²) in [5.41, 5.74) is 8.09. The highest BCUT2D eigenvalue weighted by molar-refractivity contribution is 5.41. The number of rotatable bonds is 4. The fourth-order valence-electron chi connectivity index (χ4n) is 2.18. The Morgan fingerprint density at radius 1 is 1.14 bits per heavy atom. The monoisotopic (exact) mass is 284 g/mol. The average molecular weight is 284 g/mol. The molecule has 0 saturated carbocycles. The first kappa shape index (κ1) is 15.5. The van der Waals surface area contributed by atoms with E-state index in [2.05, 4.69) is 38.7 Å². The number of ether oxygens (including phenoxy) is 1. The first-order chi connectivity index (χ1) is 9.91. The van der Waals surface area contributed by atoms with Gasteiger partial charge in [0, 0.05) is 11.6 Å². The lowest BCUT2D eigenvalue weighted by atomic mass is 9.86. The smallest absolute Gasteiger partial charge is 0.145 e. The summed E-state index contributed by atoms with van der Waals surface area (Å²) < 4.78 is 6.00. The first-order valence-corrected chi connectivity index (χ1v) is 7.40. The van der Waals surface area contributed by atoms with Crippen LogP contribution in [0.5, 0.6) is 11.5 Å². The zero-order valence-corrected chi connectivity index (χ0v) is 13.3. The molecule has 1 unspecified atom stereocenters. The molecule has 1 aromatic heterocycles. The molecule has 3 nitrogen and oxygen atoms in total. The van der Waals surface area contributed by atoms with Crippen LogP contribution in [0, 0.1) is 0 Å². The fraction of sp³-hybridized carbons (Fsp3) is 0.389. The van der Waals surface area contributed by atoms with Gasteiger partial charge in [0.2, 0.25) is 0 Å². The van der Waals surface area contributed by atoms with Crippen LogP contribution in [0.25, 0.3) is 0 Å². The van der Waals surface area contributed by atoms with E-state index in [9.17, 15) is 0 Å². The molecule has 3 heteroatoms. The number of aromatic nitrogens is 1. The van der Waals surface area contributed by atoms with Crippen molar-refractivity contribution >= 4 is 0 Å². The summed E-state index contributed by atoms with van der Waals surface area (Å²) in [6, 6.07) is 12.0. The third-order valence-electron chi connectivity index (χ3n) is 3.50. The van der Waals surface area contributed by atoms with Gasteiger partial charge in [-0.3, -0.25) is 4.98 Å². The van der Waals surface area contributed by atoms with Crippen molar-refractivity contribution in [3.63, 3.8) is 0 Å². The highest BCUT2D eigenvalue weighted by atomic mass is 16.5. The van der Waals surface area contributed by atoms with E-state index in [1.165, 1.54) is 5.56 Å². The second kappa shape index (κ2) is 6.27. The second-order valence-corrected chi connectivity index (χ2v) is 6.28. The number of pyridine rings is 1. The number of benzene rings is 1. The molecule has 0 amide bonds. The number of hydrogen-bond acceptors (Lipinski definition) is 3. The van der Waals surface area contributed by atoms with Crippen molar-refractivity contribution in [2.75, 3.05) is 0 Å². The Hall–Kier alpha value is -1.87. The van der Waals surface area contributed by atoms with Gasteiger partial charge in [0.15, 0.2) is 0 Å². The molecule has 0 aliphatic heterocycles. The molecular weight excluding hydrogens is 260 g/mol. The Balaban J connectivity index is 2.23. The van der Waals surface area contributed by atoms with E-state index in [0.29, 0.717) is 0 Å². The Kier molecular flexibility index (Phi) is 4.63. The Bertz CT molecular complexity index is 585. The zero-order chi connectivity index (χ0) is 15.5. The molecule has 112 valence electrons. The van der Waals surface area contributed by atoms with Crippen LogP contribution in [0.3, 0.4) is 0 Å². The topological polar surface area (TPSA) is 48.1 Å². The van der Waals surface area contributed by atoms with Gasteiger partial charge >= 0.3 is 0 Å². The molecule has 0 saturated heterocycles.